The highest BCUT2D eigenvalue weighted by Gasteiger charge is 2.24. The molecule has 0 unspecified atom stereocenters. The number of piperidine rings is 1. The molecule has 0 bridgehead atoms. The molecule has 8 nitrogen and oxygen atoms in total. The normalized spacial score (nSPS) is 16.1. The standard InChI is InChI=1S/C11H16N4O4S/c12-13-20(18,19)9-4-5-10(15(16)17)11(8-9)14-6-2-1-3-7-14/h4-5,8,13H,1-3,6-7,12H2. The molecule has 1 aliphatic rings. The van der Waals surface area contributed by atoms with Crippen molar-refractivity contribution >= 4 is 21.4 Å². The van der Waals surface area contributed by atoms with E-state index < -0.39 is 14.9 Å². The Morgan fingerprint density at radius 3 is 2.45 bits per heavy atom. The van der Waals surface area contributed by atoms with Crippen molar-refractivity contribution in [3.63, 3.8) is 0 Å². The van der Waals surface area contributed by atoms with Crippen LogP contribution in [-0.2, 0) is 10.0 Å². The van der Waals surface area contributed by atoms with Crippen LogP contribution in [0.1, 0.15) is 19.3 Å². The molecule has 1 aliphatic heterocycles. The predicted molar refractivity (Wildman–Crippen MR) is 73.7 cm³/mol. The lowest BCUT2D eigenvalue weighted by molar-refractivity contribution is -0.384. The van der Waals surface area contributed by atoms with Gasteiger partial charge in [0.2, 0.25) is 0 Å². The maximum atomic E-state index is 11.7. The SMILES string of the molecule is NNS(=O)(=O)c1ccc([N+](=O)[O-])c(N2CCCCC2)c1. The summed E-state index contributed by atoms with van der Waals surface area (Å²) in [6.07, 6.45) is 2.94. The maximum Gasteiger partial charge on any atom is 0.292 e. The van der Waals surface area contributed by atoms with Gasteiger partial charge in [-0.25, -0.2) is 8.42 Å². The van der Waals surface area contributed by atoms with Gasteiger partial charge in [0.15, 0.2) is 0 Å². The number of anilines is 1. The molecule has 1 heterocycles. The maximum absolute atomic E-state index is 11.7. The molecule has 3 N–H and O–H groups in total. The summed E-state index contributed by atoms with van der Waals surface area (Å²) in [7, 11) is -3.82. The van der Waals surface area contributed by atoms with Crippen LogP contribution in [0.25, 0.3) is 0 Å². The molecular weight excluding hydrogens is 284 g/mol. The summed E-state index contributed by atoms with van der Waals surface area (Å²) in [5.74, 6) is 4.98. The molecule has 1 fully saturated rings. The quantitative estimate of drug-likeness (QED) is 0.481. The molecule has 1 aromatic carbocycles. The summed E-state index contributed by atoms with van der Waals surface area (Å²) < 4.78 is 23.4. The first kappa shape index (κ1) is 14.7. The van der Waals surface area contributed by atoms with E-state index in [0.717, 1.165) is 19.3 Å². The van der Waals surface area contributed by atoms with Crippen LogP contribution in [0.5, 0.6) is 0 Å². The van der Waals surface area contributed by atoms with Crippen molar-refractivity contribution in [2.45, 2.75) is 24.2 Å². The second kappa shape index (κ2) is 5.73. The van der Waals surface area contributed by atoms with Crippen molar-refractivity contribution in [1.82, 2.24) is 4.83 Å². The molecule has 1 saturated heterocycles. The fourth-order valence-electron chi connectivity index (χ4n) is 2.28. The third-order valence-electron chi connectivity index (χ3n) is 3.31. The zero-order chi connectivity index (χ0) is 14.8. The van der Waals surface area contributed by atoms with E-state index in [9.17, 15) is 18.5 Å². The van der Waals surface area contributed by atoms with Gasteiger partial charge in [0.05, 0.1) is 9.82 Å². The Bertz CT molecular complexity index is 611. The van der Waals surface area contributed by atoms with Gasteiger partial charge in [-0.3, -0.25) is 16.0 Å². The third-order valence-corrected chi connectivity index (χ3v) is 4.49. The van der Waals surface area contributed by atoms with E-state index in [4.69, 9.17) is 5.84 Å². The Hall–Kier alpha value is -1.71. The third kappa shape index (κ3) is 2.89. The first-order chi connectivity index (χ1) is 9.45. The number of nitrogens with one attached hydrogen (secondary N) is 1. The molecular formula is C11H16N4O4S. The first-order valence-electron chi connectivity index (χ1n) is 6.21. The Morgan fingerprint density at radius 1 is 1.25 bits per heavy atom. The molecule has 1 aromatic rings. The van der Waals surface area contributed by atoms with E-state index in [1.165, 1.54) is 18.2 Å². The molecule has 0 amide bonds. The van der Waals surface area contributed by atoms with E-state index in [1.54, 1.807) is 4.83 Å². The number of nitro benzene ring substituents is 1. The van der Waals surface area contributed by atoms with Gasteiger partial charge in [-0.15, -0.1) is 0 Å². The predicted octanol–water partition coefficient (Wildman–Crippen LogP) is 0.737. The molecule has 0 aromatic heterocycles. The number of hydrogen-bond acceptors (Lipinski definition) is 6. The number of nitro groups is 1. The topological polar surface area (TPSA) is 119 Å². The van der Waals surface area contributed by atoms with Gasteiger partial charge in [0.1, 0.15) is 5.69 Å². The number of nitrogens with two attached hydrogens (primary N) is 1. The van der Waals surface area contributed by atoms with Gasteiger partial charge >= 0.3 is 0 Å². The Morgan fingerprint density at radius 2 is 1.90 bits per heavy atom. The highest BCUT2D eigenvalue weighted by atomic mass is 32.2. The minimum absolute atomic E-state index is 0.0776. The number of rotatable bonds is 4. The van der Waals surface area contributed by atoms with Crippen LogP contribution in [-0.4, -0.2) is 26.4 Å². The average Bonchev–Trinajstić information content (AvgIpc) is 2.47. The van der Waals surface area contributed by atoms with Gasteiger partial charge in [-0.2, -0.15) is 4.83 Å². The summed E-state index contributed by atoms with van der Waals surface area (Å²) >= 11 is 0. The number of hydrogen-bond donors (Lipinski definition) is 2. The number of nitrogens with zero attached hydrogens (tertiary/aromatic N) is 2. The van der Waals surface area contributed by atoms with E-state index in [1.807, 2.05) is 4.90 Å². The summed E-state index contributed by atoms with van der Waals surface area (Å²) in [6.45, 7) is 1.36. The smallest absolute Gasteiger partial charge is 0.292 e. The zero-order valence-corrected chi connectivity index (χ0v) is 11.6. The van der Waals surface area contributed by atoms with Crippen molar-refractivity contribution in [1.29, 1.82) is 0 Å². The lowest BCUT2D eigenvalue weighted by Gasteiger charge is -2.28. The molecule has 0 aliphatic carbocycles. The Labute approximate surface area is 116 Å². The van der Waals surface area contributed by atoms with Crippen LogP contribution in [0.2, 0.25) is 0 Å². The largest absolute Gasteiger partial charge is 0.366 e. The van der Waals surface area contributed by atoms with E-state index in [-0.39, 0.29) is 10.6 Å². The Balaban J connectivity index is 2.49. The molecule has 0 spiro atoms. The van der Waals surface area contributed by atoms with Gasteiger partial charge in [0, 0.05) is 19.2 Å². The fraction of sp³-hybridized carbons (Fsp3) is 0.455. The van der Waals surface area contributed by atoms with Crippen molar-refractivity contribution in [2.24, 2.45) is 5.84 Å². The summed E-state index contributed by atoms with van der Waals surface area (Å²) in [4.78, 5) is 14.1. The minimum Gasteiger partial charge on any atom is -0.366 e. The fourth-order valence-corrected chi connectivity index (χ4v) is 2.93. The number of benzene rings is 1. The van der Waals surface area contributed by atoms with Crippen LogP contribution in [0.4, 0.5) is 11.4 Å². The van der Waals surface area contributed by atoms with Gasteiger partial charge in [-0.05, 0) is 31.4 Å². The molecule has 0 radical (unpaired) electrons. The molecule has 0 saturated carbocycles. The lowest BCUT2D eigenvalue weighted by atomic mass is 10.1. The van der Waals surface area contributed by atoms with Crippen LogP contribution >= 0.6 is 0 Å². The highest BCUT2D eigenvalue weighted by Crippen LogP contribution is 2.32. The van der Waals surface area contributed by atoms with Crippen molar-refractivity contribution in [2.75, 3.05) is 18.0 Å². The first-order valence-corrected chi connectivity index (χ1v) is 7.70. The number of sulfonamides is 1. The summed E-state index contributed by atoms with van der Waals surface area (Å²) in [6, 6.07) is 3.69. The van der Waals surface area contributed by atoms with Crippen molar-refractivity contribution < 1.29 is 13.3 Å². The van der Waals surface area contributed by atoms with Gasteiger partial charge < -0.3 is 4.90 Å². The molecule has 9 heteroatoms. The van der Waals surface area contributed by atoms with E-state index in [0.29, 0.717) is 18.8 Å². The molecule has 0 atom stereocenters. The lowest BCUT2D eigenvalue weighted by Crippen LogP contribution is -2.32. The van der Waals surface area contributed by atoms with E-state index in [2.05, 4.69) is 0 Å². The monoisotopic (exact) mass is 300 g/mol. The summed E-state index contributed by atoms with van der Waals surface area (Å²) in [5, 5.41) is 11.1. The van der Waals surface area contributed by atoms with Crippen LogP contribution < -0.4 is 15.6 Å². The Kier molecular flexibility index (Phi) is 4.21. The van der Waals surface area contributed by atoms with Gasteiger partial charge in [0.25, 0.3) is 15.7 Å². The highest BCUT2D eigenvalue weighted by molar-refractivity contribution is 7.89. The van der Waals surface area contributed by atoms with Crippen molar-refractivity contribution in [3.8, 4) is 0 Å². The number of hydrazine groups is 1. The van der Waals surface area contributed by atoms with Crippen LogP contribution in [0.3, 0.4) is 0 Å². The van der Waals surface area contributed by atoms with Gasteiger partial charge in [-0.1, -0.05) is 0 Å². The molecule has 2 rings (SSSR count). The average molecular weight is 300 g/mol. The van der Waals surface area contributed by atoms with Crippen LogP contribution in [0.15, 0.2) is 23.1 Å². The molecule has 20 heavy (non-hydrogen) atoms. The minimum atomic E-state index is -3.82. The second-order valence-corrected chi connectivity index (χ2v) is 6.29. The van der Waals surface area contributed by atoms with Crippen LogP contribution in [0, 0.1) is 10.1 Å². The zero-order valence-electron chi connectivity index (χ0n) is 10.8. The molecule has 110 valence electrons. The summed E-state index contributed by atoms with van der Waals surface area (Å²) in [5.41, 5.74) is 0.230. The second-order valence-electron chi connectivity index (χ2n) is 4.58. The van der Waals surface area contributed by atoms with E-state index >= 15 is 0 Å². The van der Waals surface area contributed by atoms with Crippen molar-refractivity contribution in [3.05, 3.63) is 28.3 Å².